The first-order valence-electron chi connectivity index (χ1n) is 8.98. The lowest BCUT2D eigenvalue weighted by Crippen LogP contribution is -2.70. The van der Waals surface area contributed by atoms with Gasteiger partial charge in [0.15, 0.2) is 0 Å². The van der Waals surface area contributed by atoms with Gasteiger partial charge < -0.3 is 38.3 Å². The second-order valence-electron chi connectivity index (χ2n) is 6.65. The fraction of sp³-hybridized carbons (Fsp3) is 0.867. The Morgan fingerprint density at radius 2 is 1.62 bits per heavy atom. The number of carboxylic acids is 1. The van der Waals surface area contributed by atoms with Crippen LogP contribution in [0.4, 0.5) is 0 Å². The van der Waals surface area contributed by atoms with Crippen LogP contribution in [0.15, 0.2) is 0 Å². The molecule has 0 aromatic carbocycles. The summed E-state index contributed by atoms with van der Waals surface area (Å²) >= 11 is 0. The molecule has 0 bridgehead atoms. The highest BCUT2D eigenvalue weighted by Crippen LogP contribution is 2.02. The largest absolute Gasteiger partial charge is 0.481 e. The van der Waals surface area contributed by atoms with Crippen LogP contribution in [0, 0.1) is 0 Å². The standard InChI is InChI=1S/C15H34N8O3/c16-8-14(18)10-19-4-5-20-11-15(9-17,22-7-6-21-14)23-12(24)2-1-3-13(25)26/h19-22H,1-11,16-18H2,(H,23,24)(H,25,26)/t14-,15-/m1/s1. The number of carbonyl (C=O) groups excluding carboxylic acids is 1. The number of carbonyl (C=O) groups is 2. The first-order chi connectivity index (χ1) is 12.3. The Morgan fingerprint density at radius 1 is 0.962 bits per heavy atom. The van der Waals surface area contributed by atoms with E-state index in [0.717, 1.165) is 0 Å². The van der Waals surface area contributed by atoms with Crippen LogP contribution in [0.25, 0.3) is 0 Å². The third-order valence-electron chi connectivity index (χ3n) is 4.30. The Balaban J connectivity index is 2.64. The quantitative estimate of drug-likeness (QED) is 0.212. The van der Waals surface area contributed by atoms with Crippen molar-refractivity contribution in [3.63, 3.8) is 0 Å². The van der Waals surface area contributed by atoms with E-state index in [1.165, 1.54) is 0 Å². The van der Waals surface area contributed by atoms with Gasteiger partial charge in [0, 0.05) is 65.2 Å². The van der Waals surface area contributed by atoms with Crippen molar-refractivity contribution in [3.8, 4) is 0 Å². The predicted molar refractivity (Wildman–Crippen MR) is 99.1 cm³/mol. The van der Waals surface area contributed by atoms with Gasteiger partial charge >= 0.3 is 5.97 Å². The highest BCUT2D eigenvalue weighted by molar-refractivity contribution is 5.77. The van der Waals surface area contributed by atoms with Crippen molar-refractivity contribution in [3.05, 3.63) is 0 Å². The van der Waals surface area contributed by atoms with E-state index >= 15 is 0 Å². The van der Waals surface area contributed by atoms with Gasteiger partial charge in [-0.3, -0.25) is 20.2 Å². The lowest BCUT2D eigenvalue weighted by atomic mass is 10.1. The van der Waals surface area contributed by atoms with Crippen molar-refractivity contribution in [1.82, 2.24) is 26.6 Å². The maximum atomic E-state index is 12.2. The van der Waals surface area contributed by atoms with Gasteiger partial charge in [0.05, 0.1) is 5.66 Å². The van der Waals surface area contributed by atoms with Crippen LogP contribution in [0.3, 0.4) is 0 Å². The summed E-state index contributed by atoms with van der Waals surface area (Å²) in [4.78, 5) is 22.8. The van der Waals surface area contributed by atoms with Crippen LogP contribution in [0.5, 0.6) is 0 Å². The van der Waals surface area contributed by atoms with Gasteiger partial charge in [-0.1, -0.05) is 0 Å². The number of rotatable bonds is 7. The lowest BCUT2D eigenvalue weighted by Gasteiger charge is -2.37. The van der Waals surface area contributed by atoms with Crippen LogP contribution in [0.1, 0.15) is 19.3 Å². The van der Waals surface area contributed by atoms with Crippen LogP contribution in [-0.4, -0.2) is 80.7 Å². The number of aliphatic carboxylic acids is 1. The van der Waals surface area contributed by atoms with Crippen LogP contribution >= 0.6 is 0 Å². The van der Waals surface area contributed by atoms with Crippen molar-refractivity contribution in [2.75, 3.05) is 52.4 Å². The Labute approximate surface area is 154 Å². The molecule has 11 heteroatoms. The molecule has 1 fully saturated rings. The molecule has 26 heavy (non-hydrogen) atoms. The summed E-state index contributed by atoms with van der Waals surface area (Å²) in [5.41, 5.74) is 16.4. The Morgan fingerprint density at radius 3 is 2.23 bits per heavy atom. The molecule has 1 aliphatic rings. The molecule has 0 spiro atoms. The summed E-state index contributed by atoms with van der Waals surface area (Å²) in [6.45, 7) is 3.89. The molecule has 0 saturated carbocycles. The Hall–Kier alpha value is -1.34. The van der Waals surface area contributed by atoms with E-state index in [4.69, 9.17) is 22.3 Å². The number of nitrogens with two attached hydrogens (primary N) is 3. The SMILES string of the molecule is NC[C@]1(N)CNCCNC[C@@](CN)(NC(=O)CCCC(=O)O)NCCN1. The molecule has 11 nitrogen and oxygen atoms in total. The fourth-order valence-electron chi connectivity index (χ4n) is 2.69. The third-order valence-corrected chi connectivity index (χ3v) is 4.30. The molecule has 1 heterocycles. The van der Waals surface area contributed by atoms with E-state index in [2.05, 4.69) is 26.6 Å². The molecule has 0 aliphatic carbocycles. The van der Waals surface area contributed by atoms with Crippen molar-refractivity contribution < 1.29 is 14.7 Å². The second-order valence-corrected chi connectivity index (χ2v) is 6.65. The minimum atomic E-state index is -0.916. The topological polar surface area (TPSA) is 193 Å². The molecular weight excluding hydrogens is 340 g/mol. The lowest BCUT2D eigenvalue weighted by molar-refractivity contribution is -0.137. The zero-order chi connectivity index (χ0) is 19.5. The van der Waals surface area contributed by atoms with Crippen molar-refractivity contribution in [1.29, 1.82) is 0 Å². The summed E-state index contributed by atoms with van der Waals surface area (Å²) in [6.07, 6.45) is 0.378. The molecule has 1 saturated heterocycles. The maximum absolute atomic E-state index is 12.2. The summed E-state index contributed by atoms with van der Waals surface area (Å²) < 4.78 is 0. The number of carboxylic acid groups (broad SMARTS) is 1. The van der Waals surface area contributed by atoms with E-state index in [0.29, 0.717) is 39.3 Å². The number of hydrogen-bond acceptors (Lipinski definition) is 9. The molecule has 0 radical (unpaired) electrons. The smallest absolute Gasteiger partial charge is 0.303 e. The third kappa shape index (κ3) is 8.36. The summed E-state index contributed by atoms with van der Waals surface area (Å²) in [7, 11) is 0. The van der Waals surface area contributed by atoms with Crippen LogP contribution in [0.2, 0.25) is 0 Å². The number of amides is 1. The van der Waals surface area contributed by atoms with Crippen molar-refractivity contribution in [2.45, 2.75) is 30.6 Å². The average Bonchev–Trinajstić information content (AvgIpc) is 2.60. The predicted octanol–water partition coefficient (Wildman–Crippen LogP) is -4.00. The van der Waals surface area contributed by atoms with Gasteiger partial charge in [0.25, 0.3) is 0 Å². The zero-order valence-electron chi connectivity index (χ0n) is 15.3. The number of hydrogen-bond donors (Lipinski definition) is 9. The van der Waals surface area contributed by atoms with Gasteiger partial charge in [0.1, 0.15) is 5.66 Å². The second kappa shape index (κ2) is 11.4. The molecular formula is C15H34N8O3. The maximum Gasteiger partial charge on any atom is 0.303 e. The van der Waals surface area contributed by atoms with Gasteiger partial charge in [-0.15, -0.1) is 0 Å². The summed E-state index contributed by atoms with van der Waals surface area (Å²) in [6, 6.07) is 0. The Bertz CT molecular complexity index is 453. The molecule has 1 amide bonds. The summed E-state index contributed by atoms with van der Waals surface area (Å²) in [5, 5.41) is 24.6. The Kier molecular flexibility index (Phi) is 9.94. The van der Waals surface area contributed by atoms with E-state index in [-0.39, 0.29) is 38.3 Å². The minimum Gasteiger partial charge on any atom is -0.481 e. The van der Waals surface area contributed by atoms with E-state index < -0.39 is 17.3 Å². The van der Waals surface area contributed by atoms with Crippen LogP contribution in [-0.2, 0) is 9.59 Å². The van der Waals surface area contributed by atoms with E-state index in [1.54, 1.807) is 0 Å². The molecule has 152 valence electrons. The average molecular weight is 374 g/mol. The molecule has 1 rings (SSSR count). The molecule has 0 unspecified atom stereocenters. The molecule has 1 aliphatic heterocycles. The van der Waals surface area contributed by atoms with Crippen molar-refractivity contribution >= 4 is 11.9 Å². The van der Waals surface area contributed by atoms with Gasteiger partial charge in [0.2, 0.25) is 5.91 Å². The highest BCUT2D eigenvalue weighted by Gasteiger charge is 2.30. The summed E-state index contributed by atoms with van der Waals surface area (Å²) in [5.74, 6) is -1.15. The first-order valence-corrected chi connectivity index (χ1v) is 8.98. The van der Waals surface area contributed by atoms with Crippen LogP contribution < -0.4 is 43.8 Å². The van der Waals surface area contributed by atoms with Gasteiger partial charge in [-0.2, -0.15) is 0 Å². The normalized spacial score (nSPS) is 28.6. The molecule has 0 aromatic heterocycles. The van der Waals surface area contributed by atoms with Crippen molar-refractivity contribution in [2.24, 2.45) is 17.2 Å². The van der Waals surface area contributed by atoms with E-state index in [9.17, 15) is 9.59 Å². The fourth-order valence-corrected chi connectivity index (χ4v) is 2.69. The zero-order valence-corrected chi connectivity index (χ0v) is 15.3. The monoisotopic (exact) mass is 374 g/mol. The molecule has 12 N–H and O–H groups in total. The molecule has 0 aromatic rings. The van der Waals surface area contributed by atoms with Gasteiger partial charge in [-0.05, 0) is 6.42 Å². The van der Waals surface area contributed by atoms with E-state index in [1.807, 2.05) is 0 Å². The molecule has 2 atom stereocenters. The van der Waals surface area contributed by atoms with Gasteiger partial charge in [-0.25, -0.2) is 0 Å². The minimum absolute atomic E-state index is 0.0397. The first kappa shape index (κ1) is 22.7. The number of nitrogens with one attached hydrogen (secondary N) is 5. The highest BCUT2D eigenvalue weighted by atomic mass is 16.4.